The largest absolute Gasteiger partial charge is 0.497 e. The summed E-state index contributed by atoms with van der Waals surface area (Å²) in [4.78, 5) is 16.7. The molecule has 1 aliphatic rings. The summed E-state index contributed by atoms with van der Waals surface area (Å²) in [6.07, 6.45) is 4.33. The number of halogens is 1. The average molecular weight is 466 g/mol. The first-order valence-electron chi connectivity index (χ1n) is 8.71. The number of hydrogen-bond donors (Lipinski definition) is 0. The second kappa shape index (κ2) is 9.23. The molecule has 5 nitrogen and oxygen atoms in total. The smallest absolute Gasteiger partial charge is 0.246 e. The lowest BCUT2D eigenvalue weighted by Crippen LogP contribution is -2.34. The lowest BCUT2D eigenvalue weighted by Gasteiger charge is -2.21. The Morgan fingerprint density at radius 1 is 1.15 bits per heavy atom. The Labute approximate surface area is 167 Å². The van der Waals surface area contributed by atoms with Crippen molar-refractivity contribution in [2.45, 2.75) is 13.0 Å². The first kappa shape index (κ1) is 19.0. The summed E-state index contributed by atoms with van der Waals surface area (Å²) in [5.41, 5.74) is 1.26. The van der Waals surface area contributed by atoms with Crippen LogP contribution in [0, 0.1) is 3.77 Å². The molecule has 0 unspecified atom stereocenters. The number of amides is 1. The van der Waals surface area contributed by atoms with Crippen LogP contribution in [-0.2, 0) is 11.3 Å². The van der Waals surface area contributed by atoms with Crippen LogP contribution in [0.2, 0.25) is 0 Å². The zero-order valence-electron chi connectivity index (χ0n) is 14.9. The highest BCUT2D eigenvalue weighted by Gasteiger charge is 2.17. The molecule has 26 heavy (non-hydrogen) atoms. The summed E-state index contributed by atoms with van der Waals surface area (Å²) >= 11 is 2.11. The lowest BCUT2D eigenvalue weighted by atomic mass is 10.2. The molecule has 0 atom stereocenters. The van der Waals surface area contributed by atoms with Crippen LogP contribution in [0.3, 0.4) is 0 Å². The molecule has 1 amide bonds. The molecule has 2 aromatic rings. The van der Waals surface area contributed by atoms with Crippen molar-refractivity contribution in [2.75, 3.05) is 33.3 Å². The topological polar surface area (TPSA) is 45.9 Å². The summed E-state index contributed by atoms with van der Waals surface area (Å²) in [6.45, 7) is 4.31. The van der Waals surface area contributed by atoms with Crippen molar-refractivity contribution >= 4 is 34.6 Å². The van der Waals surface area contributed by atoms with Gasteiger partial charge in [0.1, 0.15) is 11.5 Å². The van der Waals surface area contributed by atoms with Gasteiger partial charge in [-0.15, -0.1) is 0 Å². The Bertz CT molecular complexity index is 755. The summed E-state index contributed by atoms with van der Waals surface area (Å²) in [5, 5.41) is 0. The van der Waals surface area contributed by atoms with Crippen molar-refractivity contribution in [3.05, 3.63) is 57.6 Å². The van der Waals surface area contributed by atoms with Gasteiger partial charge >= 0.3 is 0 Å². The molecule has 0 aliphatic carbocycles. The minimum absolute atomic E-state index is 0.0442. The van der Waals surface area contributed by atoms with Crippen LogP contribution in [0.25, 0.3) is 6.08 Å². The number of furan rings is 1. The maximum atomic E-state index is 12.4. The maximum absolute atomic E-state index is 12.4. The van der Waals surface area contributed by atoms with E-state index in [0.717, 1.165) is 48.7 Å². The van der Waals surface area contributed by atoms with E-state index in [1.807, 2.05) is 29.2 Å². The predicted molar refractivity (Wildman–Crippen MR) is 110 cm³/mol. The Balaban J connectivity index is 1.52. The Kier molecular flexibility index (Phi) is 6.73. The SMILES string of the molecule is COc1ccc(CN2CCCN(C(=O)/C=C/c3ccc(I)o3)CC2)cc1. The van der Waals surface area contributed by atoms with Crippen molar-refractivity contribution in [1.82, 2.24) is 9.80 Å². The van der Waals surface area contributed by atoms with Gasteiger partial charge in [-0.1, -0.05) is 12.1 Å². The van der Waals surface area contributed by atoms with Crippen molar-refractivity contribution < 1.29 is 13.9 Å². The van der Waals surface area contributed by atoms with E-state index in [4.69, 9.17) is 9.15 Å². The van der Waals surface area contributed by atoms with Gasteiger partial charge in [0, 0.05) is 38.8 Å². The fourth-order valence-corrected chi connectivity index (χ4v) is 3.45. The van der Waals surface area contributed by atoms with E-state index in [9.17, 15) is 4.79 Å². The van der Waals surface area contributed by atoms with Gasteiger partial charge in [-0.3, -0.25) is 9.69 Å². The van der Waals surface area contributed by atoms with Crippen molar-refractivity contribution in [3.63, 3.8) is 0 Å². The first-order chi connectivity index (χ1) is 12.6. The van der Waals surface area contributed by atoms with Crippen LogP contribution < -0.4 is 4.74 Å². The molecular weight excluding hydrogens is 443 g/mol. The Hall–Kier alpha value is -1.80. The van der Waals surface area contributed by atoms with E-state index in [1.165, 1.54) is 5.56 Å². The fourth-order valence-electron chi connectivity index (χ4n) is 3.02. The first-order valence-corrected chi connectivity index (χ1v) is 9.79. The molecule has 1 fully saturated rings. The monoisotopic (exact) mass is 466 g/mol. The molecule has 0 N–H and O–H groups in total. The van der Waals surface area contributed by atoms with Crippen LogP contribution in [-0.4, -0.2) is 49.0 Å². The quantitative estimate of drug-likeness (QED) is 0.499. The number of benzene rings is 1. The zero-order chi connectivity index (χ0) is 18.4. The minimum Gasteiger partial charge on any atom is -0.497 e. The summed E-state index contributed by atoms with van der Waals surface area (Å²) in [5.74, 6) is 1.63. The molecule has 1 saturated heterocycles. The van der Waals surface area contributed by atoms with Gasteiger partial charge in [0.25, 0.3) is 0 Å². The zero-order valence-corrected chi connectivity index (χ0v) is 17.0. The van der Waals surface area contributed by atoms with Crippen molar-refractivity contribution in [1.29, 1.82) is 0 Å². The normalized spacial score (nSPS) is 16.0. The molecule has 1 aromatic carbocycles. The molecule has 1 aromatic heterocycles. The number of carbonyl (C=O) groups is 1. The predicted octanol–water partition coefficient (Wildman–Crippen LogP) is 3.64. The van der Waals surface area contributed by atoms with E-state index in [-0.39, 0.29) is 5.91 Å². The highest BCUT2D eigenvalue weighted by molar-refractivity contribution is 14.1. The standard InChI is InChI=1S/C20H23IN2O3/c1-25-17-5-3-16(4-6-17)15-22-11-2-12-23(14-13-22)20(24)10-8-18-7-9-19(21)26-18/h3-10H,2,11-15H2,1H3/b10-8+. The van der Waals surface area contributed by atoms with Gasteiger partial charge < -0.3 is 14.1 Å². The third-order valence-electron chi connectivity index (χ3n) is 4.45. The van der Waals surface area contributed by atoms with Gasteiger partial charge in [0.05, 0.1) is 7.11 Å². The van der Waals surface area contributed by atoms with E-state index >= 15 is 0 Å². The highest BCUT2D eigenvalue weighted by Crippen LogP contribution is 2.15. The van der Waals surface area contributed by atoms with E-state index in [2.05, 4.69) is 39.6 Å². The van der Waals surface area contributed by atoms with E-state index in [0.29, 0.717) is 5.76 Å². The third kappa shape index (κ3) is 5.35. The number of methoxy groups -OCH3 is 1. The number of carbonyl (C=O) groups excluding carboxylic acids is 1. The van der Waals surface area contributed by atoms with Gasteiger partial charge in [-0.2, -0.15) is 0 Å². The Morgan fingerprint density at radius 3 is 2.65 bits per heavy atom. The number of hydrogen-bond acceptors (Lipinski definition) is 4. The molecular formula is C20H23IN2O3. The van der Waals surface area contributed by atoms with Crippen molar-refractivity contribution in [2.24, 2.45) is 0 Å². The second-order valence-corrected chi connectivity index (χ2v) is 7.34. The van der Waals surface area contributed by atoms with Crippen LogP contribution >= 0.6 is 22.6 Å². The molecule has 0 saturated carbocycles. The molecule has 138 valence electrons. The van der Waals surface area contributed by atoms with Crippen LogP contribution in [0.4, 0.5) is 0 Å². The van der Waals surface area contributed by atoms with E-state index in [1.54, 1.807) is 19.3 Å². The highest BCUT2D eigenvalue weighted by atomic mass is 127. The van der Waals surface area contributed by atoms with Crippen LogP contribution in [0.15, 0.2) is 46.9 Å². The van der Waals surface area contributed by atoms with Gasteiger partial charge in [0.15, 0.2) is 3.77 Å². The lowest BCUT2D eigenvalue weighted by molar-refractivity contribution is -0.125. The van der Waals surface area contributed by atoms with Crippen LogP contribution in [0.1, 0.15) is 17.7 Å². The molecule has 1 aliphatic heterocycles. The summed E-state index contributed by atoms with van der Waals surface area (Å²) in [7, 11) is 1.68. The van der Waals surface area contributed by atoms with Gasteiger partial charge in [0.2, 0.25) is 5.91 Å². The second-order valence-electron chi connectivity index (χ2n) is 6.28. The molecule has 6 heteroatoms. The number of nitrogens with zero attached hydrogens (tertiary/aromatic N) is 2. The number of rotatable bonds is 5. The average Bonchev–Trinajstić information content (AvgIpc) is 2.93. The minimum atomic E-state index is 0.0442. The molecule has 0 spiro atoms. The fraction of sp³-hybridized carbons (Fsp3) is 0.350. The van der Waals surface area contributed by atoms with E-state index < -0.39 is 0 Å². The van der Waals surface area contributed by atoms with Crippen molar-refractivity contribution in [3.8, 4) is 5.75 Å². The molecule has 2 heterocycles. The maximum Gasteiger partial charge on any atom is 0.246 e. The Morgan fingerprint density at radius 2 is 1.96 bits per heavy atom. The van der Waals surface area contributed by atoms with Gasteiger partial charge in [-0.05, 0) is 64.9 Å². The molecule has 0 radical (unpaired) electrons. The molecule has 0 bridgehead atoms. The third-order valence-corrected chi connectivity index (χ3v) is 5.03. The van der Waals surface area contributed by atoms with Gasteiger partial charge in [-0.25, -0.2) is 0 Å². The van der Waals surface area contributed by atoms with Crippen LogP contribution in [0.5, 0.6) is 5.75 Å². The number of ether oxygens (including phenoxy) is 1. The summed E-state index contributed by atoms with van der Waals surface area (Å²) in [6, 6.07) is 11.9. The summed E-state index contributed by atoms with van der Waals surface area (Å²) < 4.78 is 11.5. The molecule has 3 rings (SSSR count).